The number of hydrogen-bond acceptors (Lipinski definition) is 5. The van der Waals surface area contributed by atoms with Crippen LogP contribution in [0.2, 0.25) is 0 Å². The van der Waals surface area contributed by atoms with Crippen molar-refractivity contribution in [3.05, 3.63) is 29.3 Å². The Morgan fingerprint density at radius 2 is 2.06 bits per heavy atom. The van der Waals surface area contributed by atoms with E-state index in [1.807, 2.05) is 0 Å². The number of esters is 1. The Hall–Kier alpha value is -1.59. The predicted octanol–water partition coefficient (Wildman–Crippen LogP) is 1.05. The molecule has 94 valence electrons. The van der Waals surface area contributed by atoms with Crippen molar-refractivity contribution in [1.82, 2.24) is 0 Å². The van der Waals surface area contributed by atoms with Gasteiger partial charge in [0.15, 0.2) is 6.10 Å². The first kappa shape index (κ1) is 13.5. The average Bonchev–Trinajstić information content (AvgIpc) is 2.37. The van der Waals surface area contributed by atoms with Gasteiger partial charge in [0, 0.05) is 18.2 Å². The van der Waals surface area contributed by atoms with Gasteiger partial charge in [-0.3, -0.25) is 0 Å². The first-order valence-electron chi connectivity index (χ1n) is 5.06. The number of methoxy groups -OCH3 is 3. The molecule has 0 saturated carbocycles. The van der Waals surface area contributed by atoms with Gasteiger partial charge in [0.05, 0.1) is 20.8 Å². The molecule has 5 heteroatoms. The minimum Gasteiger partial charge on any atom is -0.496 e. The minimum absolute atomic E-state index is 0.243. The average molecular weight is 240 g/mol. The molecule has 0 spiro atoms. The molecule has 0 fully saturated rings. The van der Waals surface area contributed by atoms with E-state index in [9.17, 15) is 9.90 Å². The number of aliphatic hydroxyl groups is 1. The molecular formula is C12H16O5. The Kier molecular flexibility index (Phi) is 4.93. The lowest BCUT2D eigenvalue weighted by molar-refractivity contribution is -0.150. The van der Waals surface area contributed by atoms with E-state index in [1.165, 1.54) is 21.3 Å². The second kappa shape index (κ2) is 6.22. The van der Waals surface area contributed by atoms with Crippen LogP contribution in [0.15, 0.2) is 18.2 Å². The summed E-state index contributed by atoms with van der Waals surface area (Å²) in [6.45, 7) is 0.243. The van der Waals surface area contributed by atoms with E-state index in [1.54, 1.807) is 18.2 Å². The van der Waals surface area contributed by atoms with Crippen LogP contribution < -0.4 is 4.74 Å². The van der Waals surface area contributed by atoms with E-state index in [0.29, 0.717) is 16.9 Å². The quantitative estimate of drug-likeness (QED) is 0.779. The van der Waals surface area contributed by atoms with Crippen LogP contribution in [0.5, 0.6) is 5.75 Å². The summed E-state index contributed by atoms with van der Waals surface area (Å²) in [5.74, 6) is -0.150. The lowest BCUT2D eigenvalue weighted by Gasteiger charge is -2.16. The summed E-state index contributed by atoms with van der Waals surface area (Å²) < 4.78 is 14.7. The predicted molar refractivity (Wildman–Crippen MR) is 60.7 cm³/mol. The molecule has 1 unspecified atom stereocenters. The molecule has 17 heavy (non-hydrogen) atoms. The van der Waals surface area contributed by atoms with Crippen LogP contribution in [0, 0.1) is 0 Å². The molecule has 0 aliphatic rings. The third-order valence-electron chi connectivity index (χ3n) is 2.40. The highest BCUT2D eigenvalue weighted by Crippen LogP contribution is 2.28. The molecule has 1 atom stereocenters. The second-order valence-corrected chi connectivity index (χ2v) is 3.39. The van der Waals surface area contributed by atoms with Crippen molar-refractivity contribution in [2.75, 3.05) is 21.3 Å². The molecule has 0 saturated heterocycles. The number of carbonyl (C=O) groups excluding carboxylic acids is 1. The van der Waals surface area contributed by atoms with Crippen molar-refractivity contribution < 1.29 is 24.1 Å². The van der Waals surface area contributed by atoms with E-state index >= 15 is 0 Å². The highest BCUT2D eigenvalue weighted by Gasteiger charge is 2.22. The van der Waals surface area contributed by atoms with Crippen LogP contribution in [-0.2, 0) is 20.9 Å². The highest BCUT2D eigenvalue weighted by molar-refractivity contribution is 5.77. The molecule has 5 nitrogen and oxygen atoms in total. The van der Waals surface area contributed by atoms with Crippen molar-refractivity contribution in [2.45, 2.75) is 12.7 Å². The van der Waals surface area contributed by atoms with Crippen molar-refractivity contribution in [1.29, 1.82) is 0 Å². The molecule has 0 amide bonds. The molecule has 0 aromatic heterocycles. The van der Waals surface area contributed by atoms with Crippen molar-refractivity contribution in [3.8, 4) is 5.75 Å². The van der Waals surface area contributed by atoms with E-state index in [0.717, 1.165) is 0 Å². The Balaban J connectivity index is 3.17. The first-order valence-corrected chi connectivity index (χ1v) is 5.06. The van der Waals surface area contributed by atoms with Gasteiger partial charge in [-0.25, -0.2) is 4.79 Å². The summed E-state index contributed by atoms with van der Waals surface area (Å²) in [6.07, 6.45) is -1.33. The van der Waals surface area contributed by atoms with Crippen molar-refractivity contribution >= 4 is 5.97 Å². The molecule has 0 aliphatic heterocycles. The van der Waals surface area contributed by atoms with Crippen LogP contribution in [-0.4, -0.2) is 32.4 Å². The summed E-state index contributed by atoms with van der Waals surface area (Å²) in [5.41, 5.74) is 1.06. The van der Waals surface area contributed by atoms with Gasteiger partial charge in [-0.05, 0) is 6.07 Å². The number of aliphatic hydroxyl groups excluding tert-OH is 1. The third kappa shape index (κ3) is 2.95. The zero-order chi connectivity index (χ0) is 12.8. The van der Waals surface area contributed by atoms with Gasteiger partial charge < -0.3 is 19.3 Å². The maximum atomic E-state index is 11.3. The topological polar surface area (TPSA) is 65.0 Å². The molecule has 1 aromatic carbocycles. The Labute approximate surface area is 99.9 Å². The molecule has 0 heterocycles. The molecular weight excluding hydrogens is 224 g/mol. The van der Waals surface area contributed by atoms with Gasteiger partial charge >= 0.3 is 5.97 Å². The van der Waals surface area contributed by atoms with Gasteiger partial charge in [0.2, 0.25) is 0 Å². The lowest BCUT2D eigenvalue weighted by Crippen LogP contribution is -2.16. The van der Waals surface area contributed by atoms with Crippen molar-refractivity contribution in [3.63, 3.8) is 0 Å². The molecule has 0 radical (unpaired) electrons. The fourth-order valence-electron chi connectivity index (χ4n) is 1.57. The number of carbonyl (C=O) groups is 1. The fourth-order valence-corrected chi connectivity index (χ4v) is 1.57. The minimum atomic E-state index is -1.33. The molecule has 0 bridgehead atoms. The maximum Gasteiger partial charge on any atom is 0.339 e. The highest BCUT2D eigenvalue weighted by atomic mass is 16.5. The SMILES string of the molecule is COCc1c(OC)cccc1C(O)C(=O)OC. The third-order valence-corrected chi connectivity index (χ3v) is 2.40. The van der Waals surface area contributed by atoms with E-state index < -0.39 is 12.1 Å². The lowest BCUT2D eigenvalue weighted by atomic mass is 10.0. The van der Waals surface area contributed by atoms with Crippen LogP contribution in [0.1, 0.15) is 17.2 Å². The van der Waals surface area contributed by atoms with Gasteiger partial charge in [-0.2, -0.15) is 0 Å². The number of rotatable bonds is 5. The van der Waals surface area contributed by atoms with E-state index in [-0.39, 0.29) is 6.61 Å². The Morgan fingerprint density at radius 1 is 1.35 bits per heavy atom. The van der Waals surface area contributed by atoms with Gasteiger partial charge in [0.1, 0.15) is 5.75 Å². The molecule has 0 aliphatic carbocycles. The summed E-state index contributed by atoms with van der Waals surface area (Å²) in [4.78, 5) is 11.3. The summed E-state index contributed by atoms with van der Waals surface area (Å²) in [7, 11) is 4.27. The number of hydrogen-bond donors (Lipinski definition) is 1. The van der Waals surface area contributed by atoms with Gasteiger partial charge in [0.25, 0.3) is 0 Å². The zero-order valence-corrected chi connectivity index (χ0v) is 10.1. The van der Waals surface area contributed by atoms with E-state index in [2.05, 4.69) is 4.74 Å². The molecule has 1 aromatic rings. The van der Waals surface area contributed by atoms with E-state index in [4.69, 9.17) is 9.47 Å². The monoisotopic (exact) mass is 240 g/mol. The standard InChI is InChI=1S/C12H16O5/c1-15-7-9-8(11(13)12(14)17-3)5-4-6-10(9)16-2/h4-6,11,13H,7H2,1-3H3. The molecule has 1 N–H and O–H groups in total. The number of ether oxygens (including phenoxy) is 3. The normalized spacial score (nSPS) is 12.0. The largest absolute Gasteiger partial charge is 0.496 e. The van der Waals surface area contributed by atoms with Gasteiger partial charge in [-0.1, -0.05) is 12.1 Å². The maximum absolute atomic E-state index is 11.3. The van der Waals surface area contributed by atoms with Crippen LogP contribution in [0.4, 0.5) is 0 Å². The molecule has 1 rings (SSSR count). The first-order chi connectivity index (χ1) is 8.15. The summed E-state index contributed by atoms with van der Waals surface area (Å²) in [5, 5.41) is 9.83. The van der Waals surface area contributed by atoms with Crippen LogP contribution in [0.25, 0.3) is 0 Å². The van der Waals surface area contributed by atoms with Crippen LogP contribution >= 0.6 is 0 Å². The second-order valence-electron chi connectivity index (χ2n) is 3.39. The zero-order valence-electron chi connectivity index (χ0n) is 10.1. The Bertz CT molecular complexity index is 388. The fraction of sp³-hybridized carbons (Fsp3) is 0.417. The van der Waals surface area contributed by atoms with Crippen LogP contribution in [0.3, 0.4) is 0 Å². The summed E-state index contributed by atoms with van der Waals surface area (Å²) >= 11 is 0. The number of benzene rings is 1. The van der Waals surface area contributed by atoms with Crippen molar-refractivity contribution in [2.24, 2.45) is 0 Å². The Morgan fingerprint density at radius 3 is 2.59 bits per heavy atom. The summed E-state index contributed by atoms with van der Waals surface area (Å²) in [6, 6.07) is 5.07. The smallest absolute Gasteiger partial charge is 0.339 e. The van der Waals surface area contributed by atoms with Gasteiger partial charge in [-0.15, -0.1) is 0 Å².